The van der Waals surface area contributed by atoms with Crippen LogP contribution in [0.15, 0.2) is 72.9 Å². The van der Waals surface area contributed by atoms with Gasteiger partial charge in [0.05, 0.1) is 29.6 Å². The molecular weight excluding hydrogens is 485 g/mol. The van der Waals surface area contributed by atoms with E-state index >= 15 is 0 Å². The molecule has 5 rings (SSSR count). The Labute approximate surface area is 219 Å². The van der Waals surface area contributed by atoms with E-state index in [2.05, 4.69) is 10.3 Å². The summed E-state index contributed by atoms with van der Waals surface area (Å²) in [6.45, 7) is 4.05. The van der Waals surface area contributed by atoms with Gasteiger partial charge in [0, 0.05) is 36.0 Å². The molecule has 1 saturated heterocycles. The number of halogens is 1. The van der Waals surface area contributed by atoms with E-state index < -0.39 is 18.2 Å². The Morgan fingerprint density at radius 1 is 1.11 bits per heavy atom. The Morgan fingerprint density at radius 3 is 2.58 bits per heavy atom. The number of imidazole rings is 1. The van der Waals surface area contributed by atoms with E-state index in [1.807, 2.05) is 48.7 Å². The monoisotopic (exact) mass is 513 g/mol. The third-order valence-corrected chi connectivity index (χ3v) is 6.14. The highest BCUT2D eigenvalue weighted by molar-refractivity contribution is 5.79. The van der Waals surface area contributed by atoms with Gasteiger partial charge in [-0.15, -0.1) is 0 Å². The van der Waals surface area contributed by atoms with Crippen molar-refractivity contribution >= 4 is 23.8 Å². The zero-order valence-corrected chi connectivity index (χ0v) is 21.1. The fraction of sp³-hybridized carbons (Fsp3) is 0.241. The van der Waals surface area contributed by atoms with Gasteiger partial charge in [-0.25, -0.2) is 19.3 Å². The minimum atomic E-state index is -0.749. The molecule has 2 aromatic heterocycles. The van der Waals surface area contributed by atoms with Crippen LogP contribution < -0.4 is 5.32 Å². The molecule has 0 radical (unpaired) electrons. The molecule has 0 aliphatic carbocycles. The molecule has 0 saturated carbocycles. The minimum Gasteiger partial charge on any atom is -0.458 e. The first-order valence-corrected chi connectivity index (χ1v) is 12.5. The van der Waals surface area contributed by atoms with Crippen LogP contribution in [0.5, 0.6) is 0 Å². The lowest BCUT2D eigenvalue weighted by Gasteiger charge is -2.23. The summed E-state index contributed by atoms with van der Waals surface area (Å²) < 4.78 is 21.1. The number of carbonyl (C=O) groups excluding carboxylic acids is 1. The smallest absolute Gasteiger partial charge is 0.309 e. The molecule has 2 aromatic carbocycles. The van der Waals surface area contributed by atoms with Crippen LogP contribution in [0.3, 0.4) is 0 Å². The highest BCUT2D eigenvalue weighted by Crippen LogP contribution is 2.35. The van der Waals surface area contributed by atoms with Crippen molar-refractivity contribution in [2.24, 2.45) is 0 Å². The minimum absolute atomic E-state index is 0.00918. The van der Waals surface area contributed by atoms with E-state index in [9.17, 15) is 14.3 Å². The lowest BCUT2D eigenvalue weighted by Crippen LogP contribution is -2.31. The Kier molecular flexibility index (Phi) is 7.28. The number of esters is 1. The first-order valence-electron chi connectivity index (χ1n) is 12.5. The molecule has 3 heterocycles. The molecule has 1 aliphatic heterocycles. The summed E-state index contributed by atoms with van der Waals surface area (Å²) in [6, 6.07) is 17.6. The second kappa shape index (κ2) is 10.9. The van der Waals surface area contributed by atoms with Crippen molar-refractivity contribution in [2.45, 2.75) is 44.8 Å². The number of cyclic esters (lactones) is 1. The SMILES string of the molecule is CC(C)c1nc(-c2ccc(F)cc2)c(-c2ccnc(Nc3ccccc3)n2)n1C=C[C@@H]1C[C@@H](O)CC(=O)O1. The normalized spacial score (nSPS) is 17.7. The largest absolute Gasteiger partial charge is 0.458 e. The highest BCUT2D eigenvalue weighted by Gasteiger charge is 2.26. The number of ether oxygens (including phenoxy) is 1. The predicted octanol–water partition coefficient (Wildman–Crippen LogP) is 5.55. The quantitative estimate of drug-likeness (QED) is 0.312. The molecule has 0 unspecified atom stereocenters. The summed E-state index contributed by atoms with van der Waals surface area (Å²) in [5, 5.41) is 13.3. The van der Waals surface area contributed by atoms with Crippen LogP contribution >= 0.6 is 0 Å². The van der Waals surface area contributed by atoms with Gasteiger partial charge in [0.15, 0.2) is 0 Å². The number of nitrogens with one attached hydrogen (secondary N) is 1. The van der Waals surface area contributed by atoms with E-state index in [0.29, 0.717) is 29.5 Å². The first-order chi connectivity index (χ1) is 18.4. The van der Waals surface area contributed by atoms with Gasteiger partial charge in [-0.1, -0.05) is 32.0 Å². The van der Waals surface area contributed by atoms with Gasteiger partial charge in [-0.2, -0.15) is 0 Å². The number of para-hydroxylation sites is 1. The number of rotatable bonds is 7. The zero-order valence-electron chi connectivity index (χ0n) is 21.1. The Balaban J connectivity index is 1.63. The molecular formula is C29H28FN5O3. The lowest BCUT2D eigenvalue weighted by atomic mass is 10.1. The average Bonchev–Trinajstić information content (AvgIpc) is 3.28. The number of hydrogen-bond acceptors (Lipinski definition) is 7. The Bertz CT molecular complexity index is 1450. The zero-order chi connectivity index (χ0) is 26.6. The number of aliphatic hydroxyl groups is 1. The van der Waals surface area contributed by atoms with Gasteiger partial charge in [0.25, 0.3) is 0 Å². The molecule has 1 fully saturated rings. The first kappa shape index (κ1) is 25.3. The topological polar surface area (TPSA) is 102 Å². The van der Waals surface area contributed by atoms with Crippen molar-refractivity contribution < 1.29 is 19.0 Å². The van der Waals surface area contributed by atoms with E-state index in [0.717, 1.165) is 17.1 Å². The molecule has 38 heavy (non-hydrogen) atoms. The molecule has 194 valence electrons. The maximum atomic E-state index is 13.8. The van der Waals surface area contributed by atoms with Crippen molar-refractivity contribution in [2.75, 3.05) is 5.32 Å². The van der Waals surface area contributed by atoms with Gasteiger partial charge >= 0.3 is 5.97 Å². The summed E-state index contributed by atoms with van der Waals surface area (Å²) in [4.78, 5) is 26.0. The number of aliphatic hydroxyl groups excluding tert-OH is 1. The summed E-state index contributed by atoms with van der Waals surface area (Å²) in [7, 11) is 0. The van der Waals surface area contributed by atoms with Gasteiger partial charge in [0.2, 0.25) is 5.95 Å². The van der Waals surface area contributed by atoms with Gasteiger partial charge in [-0.05, 0) is 48.5 Å². The fourth-order valence-corrected chi connectivity index (χ4v) is 4.37. The maximum absolute atomic E-state index is 13.8. The molecule has 2 N–H and O–H groups in total. The second-order valence-electron chi connectivity index (χ2n) is 9.42. The summed E-state index contributed by atoms with van der Waals surface area (Å²) in [6.07, 6.45) is 4.19. The van der Waals surface area contributed by atoms with Crippen molar-refractivity contribution in [1.82, 2.24) is 19.5 Å². The van der Waals surface area contributed by atoms with Crippen LogP contribution in [0.1, 0.15) is 38.4 Å². The van der Waals surface area contributed by atoms with E-state index in [4.69, 9.17) is 14.7 Å². The predicted molar refractivity (Wildman–Crippen MR) is 143 cm³/mol. The lowest BCUT2D eigenvalue weighted by molar-refractivity contribution is -0.156. The molecule has 1 aliphatic rings. The fourth-order valence-electron chi connectivity index (χ4n) is 4.37. The standard InChI is InChI=1S/C29H28FN5O3/c1-18(2)28-34-26(19-8-10-20(30)11-9-19)27(35(28)15-13-23-16-22(36)17-25(37)38-23)24-12-14-31-29(33-24)32-21-6-4-3-5-7-21/h3-15,18,22-23,36H,16-17H2,1-2H3,(H,31,32,33)/t22-,23-/m1/s1. The highest BCUT2D eigenvalue weighted by atomic mass is 19.1. The molecule has 9 heteroatoms. The molecule has 8 nitrogen and oxygen atoms in total. The van der Waals surface area contributed by atoms with Crippen molar-refractivity contribution in [3.8, 4) is 22.6 Å². The average molecular weight is 514 g/mol. The Hall–Kier alpha value is -4.37. The van der Waals surface area contributed by atoms with Crippen LogP contribution in [0.25, 0.3) is 28.8 Å². The number of aromatic nitrogens is 4. The molecule has 4 aromatic rings. The number of nitrogens with zero attached hydrogens (tertiary/aromatic N) is 4. The van der Waals surface area contributed by atoms with Crippen molar-refractivity contribution in [3.05, 3.63) is 84.6 Å². The van der Waals surface area contributed by atoms with Crippen LogP contribution in [-0.2, 0) is 9.53 Å². The second-order valence-corrected chi connectivity index (χ2v) is 9.42. The molecule has 0 spiro atoms. The molecule has 2 atom stereocenters. The van der Waals surface area contributed by atoms with Gasteiger partial charge in [-0.3, -0.25) is 4.79 Å². The number of benzene rings is 2. The Morgan fingerprint density at radius 2 is 1.87 bits per heavy atom. The van der Waals surface area contributed by atoms with Crippen molar-refractivity contribution in [1.29, 1.82) is 0 Å². The number of anilines is 2. The summed E-state index contributed by atoms with van der Waals surface area (Å²) >= 11 is 0. The third kappa shape index (κ3) is 5.63. The van der Waals surface area contributed by atoms with Crippen molar-refractivity contribution in [3.63, 3.8) is 0 Å². The number of hydrogen-bond donors (Lipinski definition) is 2. The van der Waals surface area contributed by atoms with Crippen LogP contribution in [0, 0.1) is 5.82 Å². The van der Waals surface area contributed by atoms with E-state index in [1.165, 1.54) is 12.1 Å². The van der Waals surface area contributed by atoms with E-state index in [1.54, 1.807) is 36.7 Å². The molecule has 0 bridgehead atoms. The summed E-state index contributed by atoms with van der Waals surface area (Å²) in [5.41, 5.74) is 3.48. The maximum Gasteiger partial charge on any atom is 0.309 e. The van der Waals surface area contributed by atoms with Crippen LogP contribution in [-0.4, -0.2) is 42.8 Å². The van der Waals surface area contributed by atoms with Crippen LogP contribution in [0.4, 0.5) is 16.0 Å². The van der Waals surface area contributed by atoms with E-state index in [-0.39, 0.29) is 18.2 Å². The molecule has 0 amide bonds. The van der Waals surface area contributed by atoms with Crippen LogP contribution in [0.2, 0.25) is 0 Å². The number of carbonyl (C=O) groups is 1. The van der Waals surface area contributed by atoms with Gasteiger partial charge < -0.3 is 19.7 Å². The van der Waals surface area contributed by atoms with Gasteiger partial charge in [0.1, 0.15) is 17.7 Å². The third-order valence-electron chi connectivity index (χ3n) is 6.14. The summed E-state index contributed by atoms with van der Waals surface area (Å²) in [5.74, 6) is 0.400.